The van der Waals surface area contributed by atoms with E-state index in [-0.39, 0.29) is 122 Å². The molecule has 14 fully saturated rings. The molecule has 3 N–H and O–H groups in total. The van der Waals surface area contributed by atoms with Crippen molar-refractivity contribution in [2.45, 2.75) is 436 Å². The fourth-order valence-corrected chi connectivity index (χ4v) is 33.3. The van der Waals surface area contributed by atoms with Gasteiger partial charge in [0.05, 0.1) is 18.3 Å². The Morgan fingerprint density at radius 3 is 0.649 bits per heavy atom. The van der Waals surface area contributed by atoms with Crippen molar-refractivity contribution >= 4 is 53.0 Å². The number of hydrogen-bond donors (Lipinski definition) is 3. The molecule has 0 saturated heterocycles. The summed E-state index contributed by atoms with van der Waals surface area (Å²) in [6.45, 7) is 63.9. The molecule has 38 atom stereocenters. The molecule has 0 aromatic carbocycles. The maximum absolute atomic E-state index is 11.0. The van der Waals surface area contributed by atoms with Crippen LogP contribution >= 0.6 is 0 Å². The number of aldehydes is 2. The number of hydrogen-bond acceptors (Lipinski definition) is 5. The van der Waals surface area contributed by atoms with Crippen molar-refractivity contribution in [1.82, 2.24) is 0 Å². The van der Waals surface area contributed by atoms with Gasteiger partial charge in [0.15, 0.2) is 17.4 Å². The first-order valence-electron chi connectivity index (χ1n) is 49.1. The minimum absolute atomic E-state index is 0. The molecule has 0 bridgehead atoms. The van der Waals surface area contributed by atoms with Crippen LogP contribution in [0.15, 0.2) is 0 Å². The van der Waals surface area contributed by atoms with Crippen molar-refractivity contribution in [3.63, 3.8) is 0 Å². The van der Waals surface area contributed by atoms with Crippen molar-refractivity contribution in [2.75, 3.05) is 0 Å². The van der Waals surface area contributed by atoms with Crippen molar-refractivity contribution < 1.29 is 69.2 Å². The van der Waals surface area contributed by atoms with E-state index in [1.54, 1.807) is 0 Å². The molecular weight excluding hydrogens is 1530 g/mol. The van der Waals surface area contributed by atoms with Gasteiger partial charge >= 0.3 is 41.9 Å². The summed E-state index contributed by atoms with van der Waals surface area (Å²) >= 11 is 0. The summed E-state index contributed by atoms with van der Waals surface area (Å²) in [5.74, 6) is 23.4. The quantitative estimate of drug-likeness (QED) is 0.0697. The second kappa shape index (κ2) is 47.1. The van der Waals surface area contributed by atoms with Crippen LogP contribution < -0.4 is 42.8 Å². The summed E-state index contributed by atoms with van der Waals surface area (Å²) in [6.07, 6.45) is 52.8. The number of rotatable bonds is 14. The zero-order chi connectivity index (χ0) is 80.8. The smallest absolute Gasteiger partial charge is 1.00 e. The van der Waals surface area contributed by atoms with Crippen LogP contribution in [0, 0.1) is 217 Å². The van der Waals surface area contributed by atoms with E-state index in [9.17, 15) is 24.9 Å². The van der Waals surface area contributed by atoms with E-state index in [1.807, 2.05) is 20.8 Å². The molecule has 0 aliphatic heterocycles. The minimum atomic E-state index is -0.141. The number of aliphatic hydroxyl groups is 3. The molecule has 114 heavy (non-hydrogen) atoms. The van der Waals surface area contributed by atoms with Gasteiger partial charge in [0.2, 0.25) is 0 Å². The van der Waals surface area contributed by atoms with E-state index in [0.717, 1.165) is 130 Å². The third kappa shape index (κ3) is 23.6. The molecular formula is C105H197AlILiMgO5. The fraction of sp³-hybridized carbons (Fsp3) is 0.971. The number of aliphatic hydroxyl groups excluding tert-OH is 3. The van der Waals surface area contributed by atoms with Gasteiger partial charge < -0.3 is 57.7 Å². The van der Waals surface area contributed by atoms with Gasteiger partial charge in [-0.15, -0.1) is 0 Å². The van der Waals surface area contributed by atoms with Crippen molar-refractivity contribution in [1.29, 1.82) is 0 Å². The molecule has 0 heterocycles. The second-order valence-corrected chi connectivity index (χ2v) is 46.4. The zero-order valence-corrected chi connectivity index (χ0v) is 84.4. The molecule has 14 aliphatic carbocycles. The largest absolute Gasteiger partial charge is 2.00 e. The Hall–Kier alpha value is 1.85. The minimum Gasteiger partial charge on any atom is -1.00 e. The summed E-state index contributed by atoms with van der Waals surface area (Å²) in [6, 6.07) is 0. The van der Waals surface area contributed by atoms with Crippen LogP contribution in [-0.4, -0.2) is 86.6 Å². The molecule has 0 amide bonds. The Balaban J connectivity index is 0.000000451. The third-order valence-corrected chi connectivity index (χ3v) is 40.7. The molecule has 14 aliphatic rings. The SMILES string of the molecule is CC(C)[C@H](C)C1CCC2[C@@H](C)CCC[C@]12C.CC(O)[C@@H](C)C1CCC2[C@@H](C)CCC[C@]12C.CC(O)[C@H](C)C1CCC2[C@@H](C)CCC[C@]12C.CC(O)[C@H](C)C1CCC2[C@@H](C)CCC[C@]12C.CC[C@H](C)C1CCC2[C@@H](C)CCC[C@]12C.C[C@@H](C=O)C1CCC2[C@@H](C)CCC[C@]12C.C[C@H](C=O)C1CCC2[C@@H](C)CCC[C@]12C.[AlH3].[CH3-].[H-].[I-].[Li+].[Mg+2]. The maximum Gasteiger partial charge on any atom is 2.00 e. The van der Waals surface area contributed by atoms with E-state index >= 15 is 0 Å². The zero-order valence-electron chi connectivity index (χ0n) is 81.8. The van der Waals surface area contributed by atoms with E-state index in [4.69, 9.17) is 0 Å². The van der Waals surface area contributed by atoms with Gasteiger partial charge in [0.1, 0.15) is 12.6 Å². The van der Waals surface area contributed by atoms with Crippen LogP contribution in [0.1, 0.15) is 420 Å². The first-order chi connectivity index (χ1) is 51.1. The van der Waals surface area contributed by atoms with E-state index in [2.05, 4.69) is 166 Å². The Labute approximate surface area is 768 Å². The summed E-state index contributed by atoms with van der Waals surface area (Å²) in [7, 11) is 0. The summed E-state index contributed by atoms with van der Waals surface area (Å²) in [4.78, 5) is 22.0. The Bertz CT molecular complexity index is 2500. The Morgan fingerprint density at radius 2 is 0.474 bits per heavy atom. The van der Waals surface area contributed by atoms with Gasteiger partial charge in [0, 0.05) is 11.8 Å². The third-order valence-electron chi connectivity index (χ3n) is 40.7. The maximum atomic E-state index is 11.0. The molecule has 0 radical (unpaired) electrons. The number of fused-ring (bicyclic) bond motifs is 7. The normalized spacial score (nSPS) is 45.1. The summed E-state index contributed by atoms with van der Waals surface area (Å²) in [5, 5.41) is 29.6. The first kappa shape index (κ1) is 110. The summed E-state index contributed by atoms with van der Waals surface area (Å²) in [5.41, 5.74) is 3.89. The second-order valence-electron chi connectivity index (χ2n) is 46.4. The Morgan fingerprint density at radius 1 is 0.307 bits per heavy atom. The number of carbonyl (C=O) groups is 2. The standard InChI is InChI=1S/C16H30.3C15H28O.C15H28.2C14H24O.CH3.Al.HI.Li.Mg.4H/c1-11(2)13(4)15-9-8-14-12(3)7-6-10-16(14,15)5;3*1-10-6-5-9-15(4)13(10)7-8-14(15)11(2)12(3)16;1-5-11(2)13-8-9-14-12(3)7-6-10-15(13,14)4;2*1-10-5-4-8-14(3)12(10)6-7-13(14)11(2)9-15;;;;;;;;;/h11-15H,6-10H2,1-5H3;3*10-14,16H,5-9H2,1-4H3;11-14H,5-10H2,1-4H3;2*9-13H,4-8H2,1-3H3;1H3;;1H;;;;;;/q;;;;;;;-1;;;+1;+2;;;;-1/p-1/t12-,13-,14?,15?,16-;10-,11+,12?,13?,14?,15-;2*10-,11-,12?,13?,14?,15-;11-,12-,13?,14?,15+;10-,11+,12?,13?,14-;10-,11-,12?,13?,14-;;;;;;;;;/m0000000........./s1. The average molecular weight is 1720 g/mol. The number of carbonyl (C=O) groups excluding carboxylic acids is 2. The van der Waals surface area contributed by atoms with Crippen molar-refractivity contribution in [2.24, 2.45) is 210 Å². The van der Waals surface area contributed by atoms with Crippen LogP contribution in [0.5, 0.6) is 0 Å². The van der Waals surface area contributed by atoms with E-state index in [1.165, 1.54) is 244 Å². The van der Waals surface area contributed by atoms with Gasteiger partial charge in [0.25, 0.3) is 0 Å². The molecule has 14 saturated carbocycles. The molecule has 0 aromatic rings. The average Bonchev–Trinajstić information content (AvgIpc) is 2.00. The van der Waals surface area contributed by atoms with E-state index < -0.39 is 0 Å². The van der Waals surface area contributed by atoms with Crippen LogP contribution in [0.2, 0.25) is 0 Å². The van der Waals surface area contributed by atoms with Crippen LogP contribution in [0.4, 0.5) is 0 Å². The van der Waals surface area contributed by atoms with Crippen LogP contribution in [0.3, 0.4) is 0 Å². The van der Waals surface area contributed by atoms with Crippen LogP contribution in [-0.2, 0) is 9.59 Å². The summed E-state index contributed by atoms with van der Waals surface area (Å²) < 4.78 is 0. The van der Waals surface area contributed by atoms with Crippen LogP contribution in [0.25, 0.3) is 0 Å². The van der Waals surface area contributed by atoms with Crippen molar-refractivity contribution in [3.05, 3.63) is 7.43 Å². The van der Waals surface area contributed by atoms with Crippen molar-refractivity contribution in [3.8, 4) is 0 Å². The van der Waals surface area contributed by atoms with Gasteiger partial charge in [-0.2, -0.15) is 0 Å². The molecule has 17 unspecified atom stereocenters. The number of halogens is 1. The topological polar surface area (TPSA) is 94.8 Å². The van der Waals surface area contributed by atoms with Gasteiger partial charge in [-0.25, -0.2) is 0 Å². The predicted molar refractivity (Wildman–Crippen MR) is 491 cm³/mol. The molecule has 660 valence electrons. The molecule has 14 rings (SSSR count). The van der Waals surface area contributed by atoms with E-state index in [0.29, 0.717) is 67.5 Å². The monoisotopic (exact) mass is 1720 g/mol. The Kier molecular flexibility index (Phi) is 45.4. The first-order valence-corrected chi connectivity index (χ1v) is 49.1. The van der Waals surface area contributed by atoms with Gasteiger partial charge in [-0.05, 0) is 353 Å². The molecule has 0 spiro atoms. The molecule has 5 nitrogen and oxygen atoms in total. The molecule has 0 aromatic heterocycles. The van der Waals surface area contributed by atoms with Gasteiger partial charge in [-0.3, -0.25) is 0 Å². The predicted octanol–water partition coefficient (Wildman–Crippen LogP) is 21.9. The van der Waals surface area contributed by atoms with Gasteiger partial charge in [-0.1, -0.05) is 262 Å². The molecule has 9 heteroatoms. The fourth-order valence-electron chi connectivity index (χ4n) is 33.3.